The average molecular weight is 185 g/mol. The van der Waals surface area contributed by atoms with Crippen LogP contribution in [0.5, 0.6) is 0 Å². The average Bonchev–Trinajstić information content (AvgIpc) is 2.10. The number of carbonyl (C=O) groups excluding carboxylic acids is 1. The quantitative estimate of drug-likeness (QED) is 0.612. The van der Waals surface area contributed by atoms with Crippen molar-refractivity contribution in [2.75, 3.05) is 19.6 Å². The Kier molecular flexibility index (Phi) is 3.69. The summed E-state index contributed by atoms with van der Waals surface area (Å²) in [6.07, 6.45) is 0.469. The van der Waals surface area contributed by atoms with Crippen LogP contribution in [0.2, 0.25) is 0 Å². The van der Waals surface area contributed by atoms with Crippen molar-refractivity contribution in [3.05, 3.63) is 0 Å². The van der Waals surface area contributed by atoms with Gasteiger partial charge in [-0.15, -0.1) is 0 Å². The molecule has 0 radical (unpaired) electrons. The maximum Gasteiger partial charge on any atom is 0.224 e. The molecule has 0 aromatic carbocycles. The van der Waals surface area contributed by atoms with Gasteiger partial charge in [0.15, 0.2) is 0 Å². The van der Waals surface area contributed by atoms with Gasteiger partial charge in [-0.2, -0.15) is 0 Å². The SMILES string of the molecule is CC1NCCN(C(=O)CCN)C1C. The molecule has 1 heterocycles. The first kappa shape index (κ1) is 10.5. The summed E-state index contributed by atoms with van der Waals surface area (Å²) in [6.45, 7) is 6.33. The van der Waals surface area contributed by atoms with E-state index in [1.165, 1.54) is 0 Å². The predicted molar refractivity (Wildman–Crippen MR) is 52.3 cm³/mol. The van der Waals surface area contributed by atoms with Gasteiger partial charge in [0, 0.05) is 38.1 Å². The van der Waals surface area contributed by atoms with Crippen LogP contribution in [0.25, 0.3) is 0 Å². The van der Waals surface area contributed by atoms with Crippen LogP contribution in [0.1, 0.15) is 20.3 Å². The van der Waals surface area contributed by atoms with Crippen LogP contribution in [0.3, 0.4) is 0 Å². The number of hydrogen-bond donors (Lipinski definition) is 2. The number of rotatable bonds is 2. The predicted octanol–water partition coefficient (Wildman–Crippen LogP) is -0.456. The zero-order valence-corrected chi connectivity index (χ0v) is 8.42. The topological polar surface area (TPSA) is 58.4 Å². The number of nitrogens with two attached hydrogens (primary N) is 1. The Labute approximate surface area is 79.5 Å². The molecule has 4 nitrogen and oxygen atoms in total. The number of nitrogens with zero attached hydrogens (tertiary/aromatic N) is 1. The second kappa shape index (κ2) is 4.58. The van der Waals surface area contributed by atoms with Crippen molar-refractivity contribution >= 4 is 5.91 Å². The largest absolute Gasteiger partial charge is 0.337 e. The lowest BCUT2D eigenvalue weighted by Gasteiger charge is -2.38. The number of carbonyl (C=O) groups is 1. The second-order valence-corrected chi connectivity index (χ2v) is 3.61. The Morgan fingerprint density at radius 1 is 1.62 bits per heavy atom. The summed E-state index contributed by atoms with van der Waals surface area (Å²) in [5.41, 5.74) is 5.35. The fraction of sp³-hybridized carbons (Fsp3) is 0.889. The molecule has 3 N–H and O–H groups in total. The van der Waals surface area contributed by atoms with Crippen LogP contribution in [0, 0.1) is 0 Å². The Hall–Kier alpha value is -0.610. The van der Waals surface area contributed by atoms with Crippen LogP contribution in [-0.4, -0.2) is 42.5 Å². The smallest absolute Gasteiger partial charge is 0.224 e. The molecule has 2 unspecified atom stereocenters. The number of nitrogens with one attached hydrogen (secondary N) is 1. The summed E-state index contributed by atoms with van der Waals surface area (Å²) < 4.78 is 0. The fourth-order valence-electron chi connectivity index (χ4n) is 1.68. The Morgan fingerprint density at radius 3 is 2.92 bits per heavy atom. The van der Waals surface area contributed by atoms with Crippen molar-refractivity contribution in [2.24, 2.45) is 5.73 Å². The number of hydrogen-bond acceptors (Lipinski definition) is 3. The van der Waals surface area contributed by atoms with Crippen molar-refractivity contribution in [1.82, 2.24) is 10.2 Å². The van der Waals surface area contributed by atoms with E-state index in [4.69, 9.17) is 5.73 Å². The van der Waals surface area contributed by atoms with E-state index in [1.807, 2.05) is 4.90 Å². The van der Waals surface area contributed by atoms with Crippen LogP contribution in [0.4, 0.5) is 0 Å². The summed E-state index contributed by atoms with van der Waals surface area (Å²) in [4.78, 5) is 13.5. The molecule has 0 aromatic rings. The van der Waals surface area contributed by atoms with Gasteiger partial charge in [0.05, 0.1) is 0 Å². The Bertz CT molecular complexity index is 184. The minimum absolute atomic E-state index is 0.184. The van der Waals surface area contributed by atoms with E-state index in [0.29, 0.717) is 19.0 Å². The molecule has 1 saturated heterocycles. The highest BCUT2D eigenvalue weighted by Crippen LogP contribution is 2.09. The first-order valence-electron chi connectivity index (χ1n) is 4.89. The molecule has 0 saturated carbocycles. The molecule has 0 spiro atoms. The first-order chi connectivity index (χ1) is 6.16. The zero-order valence-electron chi connectivity index (χ0n) is 8.42. The van der Waals surface area contributed by atoms with Crippen LogP contribution in [0.15, 0.2) is 0 Å². The minimum atomic E-state index is 0.184. The molecule has 1 aliphatic rings. The van der Waals surface area contributed by atoms with E-state index in [0.717, 1.165) is 13.1 Å². The third-order valence-corrected chi connectivity index (χ3v) is 2.71. The number of amides is 1. The van der Waals surface area contributed by atoms with E-state index in [2.05, 4.69) is 19.2 Å². The summed E-state index contributed by atoms with van der Waals surface area (Å²) >= 11 is 0. The summed E-state index contributed by atoms with van der Waals surface area (Å²) in [5.74, 6) is 0.184. The molecule has 1 amide bonds. The van der Waals surface area contributed by atoms with Gasteiger partial charge in [0.2, 0.25) is 5.91 Å². The lowest BCUT2D eigenvalue weighted by molar-refractivity contribution is -0.134. The van der Waals surface area contributed by atoms with Gasteiger partial charge in [-0.25, -0.2) is 0 Å². The van der Waals surface area contributed by atoms with Crippen molar-refractivity contribution in [1.29, 1.82) is 0 Å². The van der Waals surface area contributed by atoms with E-state index < -0.39 is 0 Å². The Morgan fingerprint density at radius 2 is 2.31 bits per heavy atom. The molecule has 76 valence electrons. The van der Waals surface area contributed by atoms with Crippen molar-refractivity contribution < 1.29 is 4.79 Å². The maximum absolute atomic E-state index is 11.6. The van der Waals surface area contributed by atoms with Gasteiger partial charge in [-0.05, 0) is 13.8 Å². The highest BCUT2D eigenvalue weighted by molar-refractivity contribution is 5.76. The summed E-state index contributed by atoms with van der Waals surface area (Å²) in [5, 5.41) is 3.33. The van der Waals surface area contributed by atoms with Crippen LogP contribution < -0.4 is 11.1 Å². The van der Waals surface area contributed by atoms with Gasteiger partial charge < -0.3 is 16.0 Å². The Balaban J connectivity index is 2.52. The van der Waals surface area contributed by atoms with Crippen LogP contribution in [-0.2, 0) is 4.79 Å². The normalized spacial score (nSPS) is 29.0. The van der Waals surface area contributed by atoms with E-state index in [1.54, 1.807) is 0 Å². The molecule has 13 heavy (non-hydrogen) atoms. The van der Waals surface area contributed by atoms with Gasteiger partial charge >= 0.3 is 0 Å². The molecule has 0 aromatic heterocycles. The third-order valence-electron chi connectivity index (χ3n) is 2.71. The van der Waals surface area contributed by atoms with Crippen LogP contribution >= 0.6 is 0 Å². The highest BCUT2D eigenvalue weighted by Gasteiger charge is 2.27. The lowest BCUT2D eigenvalue weighted by Crippen LogP contribution is -2.57. The van der Waals surface area contributed by atoms with Crippen molar-refractivity contribution in [3.63, 3.8) is 0 Å². The molecule has 1 fully saturated rings. The van der Waals surface area contributed by atoms with E-state index >= 15 is 0 Å². The molecule has 0 aliphatic carbocycles. The fourth-order valence-corrected chi connectivity index (χ4v) is 1.68. The van der Waals surface area contributed by atoms with E-state index in [9.17, 15) is 4.79 Å². The zero-order chi connectivity index (χ0) is 9.84. The monoisotopic (exact) mass is 185 g/mol. The molecule has 2 atom stereocenters. The summed E-state index contributed by atoms with van der Waals surface area (Å²) in [7, 11) is 0. The molecular weight excluding hydrogens is 166 g/mol. The second-order valence-electron chi connectivity index (χ2n) is 3.61. The van der Waals surface area contributed by atoms with Gasteiger partial charge in [-0.3, -0.25) is 4.79 Å². The van der Waals surface area contributed by atoms with E-state index in [-0.39, 0.29) is 11.9 Å². The summed E-state index contributed by atoms with van der Waals surface area (Å²) in [6, 6.07) is 0.670. The molecule has 1 rings (SSSR count). The van der Waals surface area contributed by atoms with Crippen molar-refractivity contribution in [3.8, 4) is 0 Å². The molecule has 1 aliphatic heterocycles. The molecule has 4 heteroatoms. The molecule has 0 bridgehead atoms. The standard InChI is InChI=1S/C9H19N3O/c1-7-8(2)12(6-5-11-7)9(13)3-4-10/h7-8,11H,3-6,10H2,1-2H3. The number of piperazine rings is 1. The minimum Gasteiger partial charge on any atom is -0.337 e. The van der Waals surface area contributed by atoms with Gasteiger partial charge in [0.25, 0.3) is 0 Å². The lowest BCUT2D eigenvalue weighted by atomic mass is 10.1. The highest BCUT2D eigenvalue weighted by atomic mass is 16.2. The third kappa shape index (κ3) is 2.42. The molecular formula is C9H19N3O. The van der Waals surface area contributed by atoms with Gasteiger partial charge in [0.1, 0.15) is 0 Å². The van der Waals surface area contributed by atoms with Gasteiger partial charge in [-0.1, -0.05) is 0 Å². The van der Waals surface area contributed by atoms with Crippen molar-refractivity contribution in [2.45, 2.75) is 32.4 Å². The first-order valence-corrected chi connectivity index (χ1v) is 4.89. The maximum atomic E-state index is 11.6.